The number of hydrogen-bond donors (Lipinski definition) is 0. The van der Waals surface area contributed by atoms with Crippen molar-refractivity contribution < 1.29 is 13.2 Å². The smallest absolute Gasteiger partial charge is 0.237 e. The molecule has 0 unspecified atom stereocenters. The lowest BCUT2D eigenvalue weighted by atomic mass is 9.87. The van der Waals surface area contributed by atoms with E-state index in [0.29, 0.717) is 26.2 Å². The highest BCUT2D eigenvalue weighted by Crippen LogP contribution is 2.46. The molecule has 0 aliphatic carbocycles. The number of carbonyl (C=O) groups is 1. The van der Waals surface area contributed by atoms with Gasteiger partial charge >= 0.3 is 0 Å². The number of fused-ring (bicyclic) bond motifs is 1. The van der Waals surface area contributed by atoms with Crippen molar-refractivity contribution in [2.45, 2.75) is 13.0 Å². The van der Waals surface area contributed by atoms with Crippen molar-refractivity contribution in [2.24, 2.45) is 11.8 Å². The van der Waals surface area contributed by atoms with Crippen molar-refractivity contribution >= 4 is 15.9 Å². The molecule has 2 saturated heterocycles. The van der Waals surface area contributed by atoms with Gasteiger partial charge in [0.1, 0.15) is 0 Å². The summed E-state index contributed by atoms with van der Waals surface area (Å²) in [5.74, 6) is 0.464. The summed E-state index contributed by atoms with van der Waals surface area (Å²) in [5.41, 5.74) is 2.28. The number of hydrogen-bond acceptors (Lipinski definition) is 4. The molecule has 0 saturated carbocycles. The monoisotopic (exact) mass is 365 g/mol. The standard InChI is InChI=1S/C18H27N3O3S/c1-13-7-5-6-8-15(13)18-16-11-20(25(4,23)24)9-14(16)10-21(18)17(22)12-19(2)3/h5-8,14,16,18H,9-12H2,1-4H3/t14-,16-,18+/m1/s1. The summed E-state index contributed by atoms with van der Waals surface area (Å²) in [5, 5.41) is 0. The largest absolute Gasteiger partial charge is 0.334 e. The molecule has 2 heterocycles. The van der Waals surface area contributed by atoms with E-state index in [-0.39, 0.29) is 23.8 Å². The lowest BCUT2D eigenvalue weighted by Crippen LogP contribution is -2.41. The molecular formula is C18H27N3O3S. The first kappa shape index (κ1) is 18.4. The van der Waals surface area contributed by atoms with Crippen LogP contribution in [0.3, 0.4) is 0 Å². The number of likely N-dealkylation sites (N-methyl/N-ethyl adjacent to an activating group) is 1. The van der Waals surface area contributed by atoms with E-state index in [1.807, 2.05) is 36.0 Å². The minimum absolute atomic E-state index is 0.0506. The molecule has 138 valence electrons. The van der Waals surface area contributed by atoms with Gasteiger partial charge in [-0.3, -0.25) is 4.79 Å². The molecule has 2 fully saturated rings. The maximum absolute atomic E-state index is 12.8. The predicted molar refractivity (Wildman–Crippen MR) is 97.6 cm³/mol. The van der Waals surface area contributed by atoms with E-state index in [4.69, 9.17) is 0 Å². The van der Waals surface area contributed by atoms with E-state index < -0.39 is 10.0 Å². The van der Waals surface area contributed by atoms with Crippen LogP contribution in [0.25, 0.3) is 0 Å². The highest BCUT2D eigenvalue weighted by molar-refractivity contribution is 7.88. The van der Waals surface area contributed by atoms with Gasteiger partial charge in [-0.2, -0.15) is 0 Å². The third-order valence-corrected chi connectivity index (χ3v) is 6.61. The Labute approximate surface area is 150 Å². The second-order valence-electron chi connectivity index (χ2n) is 7.59. The molecule has 0 spiro atoms. The molecule has 0 bridgehead atoms. The van der Waals surface area contributed by atoms with Gasteiger partial charge in [-0.05, 0) is 38.1 Å². The summed E-state index contributed by atoms with van der Waals surface area (Å²) < 4.78 is 25.5. The fourth-order valence-electron chi connectivity index (χ4n) is 4.21. The number of sulfonamides is 1. The Balaban J connectivity index is 1.95. The van der Waals surface area contributed by atoms with Crippen molar-refractivity contribution in [3.63, 3.8) is 0 Å². The minimum atomic E-state index is -3.20. The Kier molecular flexibility index (Phi) is 4.92. The maximum atomic E-state index is 12.8. The van der Waals surface area contributed by atoms with Gasteiger partial charge in [-0.1, -0.05) is 24.3 Å². The summed E-state index contributed by atoms with van der Waals surface area (Å²) in [6.45, 7) is 4.06. The van der Waals surface area contributed by atoms with Gasteiger partial charge in [-0.15, -0.1) is 0 Å². The lowest BCUT2D eigenvalue weighted by Gasteiger charge is -2.31. The molecule has 2 aliphatic rings. The quantitative estimate of drug-likeness (QED) is 0.797. The third-order valence-electron chi connectivity index (χ3n) is 5.38. The third kappa shape index (κ3) is 3.59. The topological polar surface area (TPSA) is 60.9 Å². The predicted octanol–water partition coefficient (Wildman–Crippen LogP) is 0.948. The van der Waals surface area contributed by atoms with Crippen molar-refractivity contribution in [1.82, 2.24) is 14.1 Å². The lowest BCUT2D eigenvalue weighted by molar-refractivity contribution is -0.133. The first-order valence-corrected chi connectivity index (χ1v) is 10.5. The van der Waals surface area contributed by atoms with Gasteiger partial charge in [0.2, 0.25) is 15.9 Å². The van der Waals surface area contributed by atoms with E-state index in [1.54, 1.807) is 4.31 Å². The summed E-state index contributed by atoms with van der Waals surface area (Å²) in [6.07, 6.45) is 1.27. The number of nitrogens with zero attached hydrogens (tertiary/aromatic N) is 3. The Morgan fingerprint density at radius 1 is 1.20 bits per heavy atom. The van der Waals surface area contributed by atoms with E-state index >= 15 is 0 Å². The van der Waals surface area contributed by atoms with E-state index in [9.17, 15) is 13.2 Å². The highest BCUT2D eigenvalue weighted by Gasteiger charge is 2.50. The van der Waals surface area contributed by atoms with Crippen LogP contribution >= 0.6 is 0 Å². The molecule has 6 nitrogen and oxygen atoms in total. The van der Waals surface area contributed by atoms with Crippen molar-refractivity contribution in [3.05, 3.63) is 35.4 Å². The molecule has 3 atom stereocenters. The minimum Gasteiger partial charge on any atom is -0.334 e. The number of rotatable bonds is 4. The molecule has 1 aromatic carbocycles. The van der Waals surface area contributed by atoms with Crippen LogP contribution in [0.1, 0.15) is 17.2 Å². The number of aryl methyl sites for hydroxylation is 1. The van der Waals surface area contributed by atoms with E-state index in [2.05, 4.69) is 19.1 Å². The number of amides is 1. The first-order valence-electron chi connectivity index (χ1n) is 8.63. The van der Waals surface area contributed by atoms with Crippen LogP contribution in [0.15, 0.2) is 24.3 Å². The van der Waals surface area contributed by atoms with Gasteiger partial charge < -0.3 is 9.80 Å². The van der Waals surface area contributed by atoms with Gasteiger partial charge in [0.05, 0.1) is 18.8 Å². The van der Waals surface area contributed by atoms with Gasteiger partial charge in [0.15, 0.2) is 0 Å². The molecule has 3 rings (SSSR count). The normalized spacial score (nSPS) is 27.1. The van der Waals surface area contributed by atoms with Crippen molar-refractivity contribution in [1.29, 1.82) is 0 Å². The fraction of sp³-hybridized carbons (Fsp3) is 0.611. The molecular weight excluding hydrogens is 338 g/mol. The molecule has 7 heteroatoms. The van der Waals surface area contributed by atoms with Crippen LogP contribution in [-0.4, -0.2) is 75.0 Å². The SMILES string of the molecule is Cc1ccccc1[C@H]1[C@@H]2CN(S(C)(=O)=O)C[C@@H]2CN1C(=O)CN(C)C. The summed E-state index contributed by atoms with van der Waals surface area (Å²) in [6, 6.07) is 8.06. The Morgan fingerprint density at radius 2 is 1.88 bits per heavy atom. The summed E-state index contributed by atoms with van der Waals surface area (Å²) in [7, 11) is 0.588. The zero-order chi connectivity index (χ0) is 18.4. The summed E-state index contributed by atoms with van der Waals surface area (Å²) in [4.78, 5) is 16.7. The maximum Gasteiger partial charge on any atom is 0.237 e. The van der Waals surface area contributed by atoms with Crippen LogP contribution in [0, 0.1) is 18.8 Å². The summed E-state index contributed by atoms with van der Waals surface area (Å²) >= 11 is 0. The number of carbonyl (C=O) groups excluding carboxylic acids is 1. The van der Waals surface area contributed by atoms with Crippen LogP contribution < -0.4 is 0 Å². The van der Waals surface area contributed by atoms with Crippen molar-refractivity contribution in [2.75, 3.05) is 46.5 Å². The first-order chi connectivity index (χ1) is 11.7. The van der Waals surface area contributed by atoms with Gasteiger partial charge in [-0.25, -0.2) is 12.7 Å². The Bertz CT molecular complexity index is 763. The zero-order valence-corrected chi connectivity index (χ0v) is 16.2. The number of benzene rings is 1. The molecule has 0 aromatic heterocycles. The molecule has 1 aromatic rings. The molecule has 2 aliphatic heterocycles. The van der Waals surface area contributed by atoms with Gasteiger partial charge in [0.25, 0.3) is 0 Å². The molecule has 1 amide bonds. The number of likely N-dealkylation sites (tertiary alicyclic amines) is 1. The van der Waals surface area contributed by atoms with E-state index in [0.717, 1.165) is 11.1 Å². The Morgan fingerprint density at radius 3 is 2.48 bits per heavy atom. The molecule has 0 radical (unpaired) electrons. The average molecular weight is 365 g/mol. The zero-order valence-electron chi connectivity index (χ0n) is 15.3. The van der Waals surface area contributed by atoms with Crippen LogP contribution in [0.2, 0.25) is 0 Å². The van der Waals surface area contributed by atoms with Crippen LogP contribution in [-0.2, 0) is 14.8 Å². The average Bonchev–Trinajstić information content (AvgIpc) is 3.04. The second kappa shape index (κ2) is 6.70. The molecule has 0 N–H and O–H groups in total. The van der Waals surface area contributed by atoms with E-state index in [1.165, 1.54) is 6.26 Å². The fourth-order valence-corrected chi connectivity index (χ4v) is 5.12. The van der Waals surface area contributed by atoms with Crippen LogP contribution in [0.5, 0.6) is 0 Å². The van der Waals surface area contributed by atoms with Gasteiger partial charge in [0, 0.05) is 25.6 Å². The van der Waals surface area contributed by atoms with Crippen molar-refractivity contribution in [3.8, 4) is 0 Å². The second-order valence-corrected chi connectivity index (χ2v) is 9.57. The highest BCUT2D eigenvalue weighted by atomic mass is 32.2. The Hall–Kier alpha value is -1.44. The van der Waals surface area contributed by atoms with Crippen LogP contribution in [0.4, 0.5) is 0 Å². The molecule has 25 heavy (non-hydrogen) atoms.